The van der Waals surface area contributed by atoms with Crippen molar-refractivity contribution in [1.82, 2.24) is 75.3 Å². The molecule has 1 amide bonds. The van der Waals surface area contributed by atoms with Gasteiger partial charge in [0.05, 0.1) is 52.2 Å². The maximum Gasteiger partial charge on any atom is 0.248 e. The second kappa shape index (κ2) is 30.0. The summed E-state index contributed by atoms with van der Waals surface area (Å²) in [5.41, 5.74) is 17.5. The quantitative estimate of drug-likeness (QED) is 0.0298. The number of nitrogen functional groups attached to an aromatic ring is 2. The molecule has 3 aliphatic heterocycles. The van der Waals surface area contributed by atoms with Crippen molar-refractivity contribution in [2.24, 2.45) is 0 Å². The van der Waals surface area contributed by atoms with Crippen LogP contribution >= 0.6 is 0 Å². The van der Waals surface area contributed by atoms with Gasteiger partial charge >= 0.3 is 0 Å². The molecule has 0 bridgehead atoms. The van der Waals surface area contributed by atoms with Crippen LogP contribution in [-0.4, -0.2) is 157 Å². The molecule has 15 rings (SSSR count). The smallest absolute Gasteiger partial charge is 0.248 e. The van der Waals surface area contributed by atoms with Gasteiger partial charge in [0.15, 0.2) is 69.6 Å². The Balaban J connectivity index is 0.000000137. The lowest BCUT2D eigenvalue weighted by molar-refractivity contribution is -0.105. The van der Waals surface area contributed by atoms with Crippen molar-refractivity contribution < 1.29 is 45.3 Å². The highest BCUT2D eigenvalue weighted by Gasteiger charge is 2.25. The Bertz CT molecular complexity index is 4990. The fourth-order valence-electron chi connectivity index (χ4n) is 11.6. The molecule has 0 aliphatic carbocycles. The lowest BCUT2D eigenvalue weighted by Gasteiger charge is -2.33. The number of H-pyrrole nitrogens is 3. The first kappa shape index (κ1) is 68.2. The first-order valence-electron chi connectivity index (χ1n) is 32.2. The number of hydrogen-bond donors (Lipinski definition) is 11. The summed E-state index contributed by atoms with van der Waals surface area (Å²) >= 11 is 0. The molecule has 0 spiro atoms. The molecule has 3 saturated heterocycles. The van der Waals surface area contributed by atoms with Crippen molar-refractivity contribution in [3.63, 3.8) is 0 Å². The Hall–Kier alpha value is -12.3. The molecule has 12 heterocycles. The largest absolute Gasteiger partial charge is 0.434 e. The molecule has 3 fully saturated rings. The third kappa shape index (κ3) is 15.1. The number of ether oxygens (including phenoxy) is 3. The molecule has 9 aromatic heterocycles. The van der Waals surface area contributed by atoms with Crippen molar-refractivity contribution in [1.29, 1.82) is 0 Å². The van der Waals surface area contributed by atoms with Crippen LogP contribution in [0.2, 0.25) is 0 Å². The van der Waals surface area contributed by atoms with Crippen LogP contribution in [-0.2, 0) is 4.79 Å². The number of pyridine rings is 3. The summed E-state index contributed by atoms with van der Waals surface area (Å²) in [5.74, 6) is -3.41. The number of halogens is 6. The Morgan fingerprint density at radius 3 is 1.15 bits per heavy atom. The van der Waals surface area contributed by atoms with Crippen molar-refractivity contribution in [3.8, 4) is 34.9 Å². The van der Waals surface area contributed by atoms with Crippen LogP contribution in [0.25, 0.3) is 32.7 Å². The number of aryl methyl sites for hydroxylation is 3. The highest BCUT2D eigenvalue weighted by molar-refractivity contribution is 5.87. The molecule has 3 aromatic carbocycles. The zero-order valence-electron chi connectivity index (χ0n) is 55.3. The van der Waals surface area contributed by atoms with E-state index in [1.54, 1.807) is 45.4 Å². The van der Waals surface area contributed by atoms with Crippen molar-refractivity contribution >= 4 is 108 Å². The Morgan fingerprint density at radius 2 is 0.784 bits per heavy atom. The van der Waals surface area contributed by atoms with E-state index in [9.17, 15) is 26.7 Å². The van der Waals surface area contributed by atoms with E-state index in [4.69, 9.17) is 25.7 Å². The van der Waals surface area contributed by atoms with Gasteiger partial charge in [0.1, 0.15) is 53.5 Å². The number of aromatic amines is 3. The Kier molecular flexibility index (Phi) is 20.1. The minimum Gasteiger partial charge on any atom is -0.434 e. The molecule has 34 heteroatoms. The summed E-state index contributed by atoms with van der Waals surface area (Å²) in [6, 6.07) is 18.6. The SMILES string of the molecule is Cc1cc2c(F)c(Oc3ncnc(Nc4ccc(N5CCN(C)CC5)cn4)c3N)cc(F)c2[nH]1.Cc1cc2c(F)c(Oc3ncnc(Nc4ccc(N5CCNCC5)cn4)c3N)cc(F)c2[nH]1.Cc1cc2c(F)c(Oc3ncnc(Nc4ccc(N5CCNCC5)cn4)c3NC=O)cc(F)c2[nH]1. The zero-order valence-corrected chi connectivity index (χ0v) is 55.3. The molecule has 102 heavy (non-hydrogen) atoms. The number of rotatable bonds is 17. The van der Waals surface area contributed by atoms with E-state index in [1.165, 1.54) is 37.2 Å². The number of hydrogen-bond acceptors (Lipinski definition) is 24. The number of nitrogens with zero attached hydrogens (tertiary/aromatic N) is 13. The van der Waals surface area contributed by atoms with Gasteiger partial charge in [-0.05, 0) is 82.4 Å². The normalized spacial score (nSPS) is 14.0. The lowest BCUT2D eigenvalue weighted by Crippen LogP contribution is -2.44. The standard InChI is InChI=1S/C23H22F2N8O2.C23H24F2N8O.C22H22F2N8O/c1-13-8-15-19(25)17(9-16(24)20(15)31-13)35-23-21(30-12-34)22(28-11-29-23)32-18-3-2-14(10-27-18)33-6-4-26-5-7-33;1-13-9-15-19(25)17(10-16(24)21(15)30-13)34-23-20(26)22(28-12-29-23)31-18-4-3-14(11-27-18)33-7-5-32(2)6-8-33;1-12-8-14-18(24)16(9-15(23)20(14)30-12)33-22-19(25)21(28-11-29-22)31-17-3-2-13(10-27-17)32-6-4-26-5-7-32/h2-3,8-12,26,31H,4-7H2,1H3,(H,30,34)(H,27,28,29,32);3-4,9-12,30H,5-8,26H2,1-2H3,(H,27,28,29,31);2-3,8-11,26,30H,4-7,25H2,1H3,(H,27,28,29,31). The molecule has 0 radical (unpaired) electrons. The van der Waals surface area contributed by atoms with Crippen LogP contribution < -0.4 is 72.3 Å². The number of carbonyl (C=O) groups excluding carboxylic acids is 1. The maximum absolute atomic E-state index is 15.0. The Labute approximate surface area is 577 Å². The molecular formula is C68H68F6N24O4. The summed E-state index contributed by atoms with van der Waals surface area (Å²) in [6.07, 6.45) is 9.33. The third-order valence-electron chi connectivity index (χ3n) is 16.9. The van der Waals surface area contributed by atoms with Crippen LogP contribution in [0, 0.1) is 55.7 Å². The van der Waals surface area contributed by atoms with Crippen molar-refractivity contribution in [2.45, 2.75) is 20.8 Å². The molecule has 12 aromatic rings. The highest BCUT2D eigenvalue weighted by atomic mass is 19.1. The topological polar surface area (TPSA) is 345 Å². The minimum atomic E-state index is -0.763. The number of fused-ring (bicyclic) bond motifs is 3. The van der Waals surface area contributed by atoms with Gasteiger partial charge < -0.3 is 92.1 Å². The maximum atomic E-state index is 15.0. The lowest BCUT2D eigenvalue weighted by atomic mass is 10.2. The van der Waals surface area contributed by atoms with E-state index < -0.39 is 34.9 Å². The first-order chi connectivity index (χ1) is 49.4. The summed E-state index contributed by atoms with van der Waals surface area (Å²) in [7, 11) is 2.11. The average Bonchev–Trinajstić information content (AvgIpc) is 1.17. The van der Waals surface area contributed by atoms with Gasteiger partial charge in [0.25, 0.3) is 0 Å². The number of anilines is 12. The van der Waals surface area contributed by atoms with E-state index in [0.29, 0.717) is 40.9 Å². The summed E-state index contributed by atoms with van der Waals surface area (Å²) in [6.45, 7) is 16.3. The van der Waals surface area contributed by atoms with E-state index in [-0.39, 0.29) is 102 Å². The van der Waals surface area contributed by atoms with Gasteiger partial charge in [-0.15, -0.1) is 0 Å². The molecular weight excluding hydrogens is 1330 g/mol. The van der Waals surface area contributed by atoms with E-state index in [2.05, 4.69) is 118 Å². The van der Waals surface area contributed by atoms with Gasteiger partial charge in [-0.1, -0.05) is 0 Å². The van der Waals surface area contributed by atoms with Crippen LogP contribution in [0.3, 0.4) is 0 Å². The third-order valence-corrected chi connectivity index (χ3v) is 16.9. The van der Waals surface area contributed by atoms with Crippen LogP contribution in [0.4, 0.5) is 95.4 Å². The highest BCUT2D eigenvalue weighted by Crippen LogP contribution is 2.40. The molecule has 28 nitrogen and oxygen atoms in total. The van der Waals surface area contributed by atoms with Gasteiger partial charge in [0, 0.05) is 130 Å². The molecule has 0 atom stereocenters. The molecule has 0 unspecified atom stereocenters. The number of aromatic nitrogens is 12. The van der Waals surface area contributed by atoms with Crippen LogP contribution in [0.1, 0.15) is 17.1 Å². The van der Waals surface area contributed by atoms with Crippen LogP contribution in [0.5, 0.6) is 34.9 Å². The number of piperazine rings is 3. The second-order valence-corrected chi connectivity index (χ2v) is 23.9. The molecule has 0 saturated carbocycles. The number of benzene rings is 3. The predicted octanol–water partition coefficient (Wildman–Crippen LogP) is 10.7. The Morgan fingerprint density at radius 1 is 0.441 bits per heavy atom. The summed E-state index contributed by atoms with van der Waals surface area (Å²) in [4.78, 5) is 66.3. The van der Waals surface area contributed by atoms with Crippen molar-refractivity contribution in [3.05, 3.63) is 162 Å². The van der Waals surface area contributed by atoms with Gasteiger partial charge in [-0.3, -0.25) is 4.79 Å². The number of likely N-dealkylation sites (N-methyl/N-ethyl adjacent to an activating group) is 1. The second-order valence-electron chi connectivity index (χ2n) is 23.9. The number of nitrogens with one attached hydrogen (secondary N) is 9. The van der Waals surface area contributed by atoms with E-state index >= 15 is 4.39 Å². The van der Waals surface area contributed by atoms with E-state index in [0.717, 1.165) is 114 Å². The van der Waals surface area contributed by atoms with E-state index in [1.807, 2.05) is 30.3 Å². The monoisotopic (exact) mass is 1400 g/mol. The first-order valence-corrected chi connectivity index (χ1v) is 32.2. The summed E-state index contributed by atoms with van der Waals surface area (Å²) in [5, 5.41) is 18.3. The minimum absolute atomic E-state index is 0.0376. The number of amides is 1. The van der Waals surface area contributed by atoms with Gasteiger partial charge in [-0.2, -0.15) is 15.0 Å². The average molecular weight is 1400 g/mol. The van der Waals surface area contributed by atoms with Crippen LogP contribution in [0.15, 0.2) is 110 Å². The molecule has 526 valence electrons. The predicted molar refractivity (Wildman–Crippen MR) is 376 cm³/mol. The summed E-state index contributed by atoms with van der Waals surface area (Å²) < 4.78 is 105. The fourth-order valence-corrected chi connectivity index (χ4v) is 11.6. The number of carbonyl (C=O) groups is 1. The van der Waals surface area contributed by atoms with Gasteiger partial charge in [-0.25, -0.2) is 56.2 Å². The van der Waals surface area contributed by atoms with Crippen molar-refractivity contribution in [2.75, 3.05) is 133 Å². The fraction of sp³-hybridized carbons (Fsp3) is 0.235. The molecule has 13 N–H and O–H groups in total. The zero-order chi connectivity index (χ0) is 71.1. The van der Waals surface area contributed by atoms with Gasteiger partial charge in [0.2, 0.25) is 24.1 Å². The molecule has 3 aliphatic rings. The number of nitrogens with two attached hydrogens (primary N) is 2.